The van der Waals surface area contributed by atoms with E-state index in [9.17, 15) is 51.0 Å². The summed E-state index contributed by atoms with van der Waals surface area (Å²) in [6.07, 6.45) is -6.09. The Morgan fingerprint density at radius 3 is 1.39 bits per heavy atom. The van der Waals surface area contributed by atoms with Crippen molar-refractivity contribution >= 4 is 44.1 Å². The molecular formula is C14H4F7N2O4Se+. The summed E-state index contributed by atoms with van der Waals surface area (Å²) in [4.78, 5) is 13.7. The second-order valence-corrected chi connectivity index (χ2v) is 9.64. The molecule has 0 aliphatic carbocycles. The van der Waals surface area contributed by atoms with Gasteiger partial charge in [0.1, 0.15) is 0 Å². The molecule has 3 rings (SSSR count). The van der Waals surface area contributed by atoms with Gasteiger partial charge in [-0.05, 0) is 0 Å². The molecule has 0 saturated carbocycles. The van der Waals surface area contributed by atoms with Crippen LogP contribution < -0.4 is 0 Å². The Balaban J connectivity index is 2.61. The first kappa shape index (κ1) is 20.0. The average Bonchev–Trinajstić information content (AvgIpc) is 2.85. The predicted molar refractivity (Wildman–Crippen MR) is 82.5 cm³/mol. The van der Waals surface area contributed by atoms with Crippen LogP contribution in [-0.2, 0) is 4.82 Å². The molecule has 6 nitrogen and oxygen atoms in total. The Labute approximate surface area is 152 Å². The molecule has 0 bridgehead atoms. The van der Waals surface area contributed by atoms with Gasteiger partial charge in [-0.15, -0.1) is 0 Å². The Hall–Kier alpha value is -2.73. The number of alkyl halides is 5. The third-order valence-electron chi connectivity index (χ3n) is 3.81. The zero-order valence-corrected chi connectivity index (χ0v) is 14.6. The van der Waals surface area contributed by atoms with Crippen LogP contribution in [0.3, 0.4) is 0 Å². The molecule has 0 unspecified atom stereocenters. The normalized spacial score (nSPS) is 12.7. The van der Waals surface area contributed by atoms with E-state index in [-0.39, 0.29) is 12.1 Å². The second-order valence-electron chi connectivity index (χ2n) is 5.43. The van der Waals surface area contributed by atoms with Crippen molar-refractivity contribution in [2.24, 2.45) is 0 Å². The van der Waals surface area contributed by atoms with Crippen molar-refractivity contribution < 1.29 is 40.6 Å². The van der Waals surface area contributed by atoms with Crippen molar-refractivity contribution in [3.8, 4) is 0 Å². The van der Waals surface area contributed by atoms with Crippen molar-refractivity contribution in [3.05, 3.63) is 56.1 Å². The fourth-order valence-electron chi connectivity index (χ4n) is 2.63. The molecule has 0 aliphatic heterocycles. The molecule has 1 aromatic heterocycles. The van der Waals surface area contributed by atoms with Gasteiger partial charge in [0.05, 0.1) is 0 Å². The first-order valence-electron chi connectivity index (χ1n) is 6.92. The summed E-state index contributed by atoms with van der Waals surface area (Å²) in [5, 5.41) is 20.5. The predicted octanol–water partition coefficient (Wildman–Crippen LogP) is 4.94. The minimum absolute atomic E-state index is 0.249. The number of rotatable bonds is 3. The number of halogens is 7. The van der Waals surface area contributed by atoms with Crippen LogP contribution in [0.4, 0.5) is 42.1 Å². The topological polar surface area (TPSA) is 86.3 Å². The van der Waals surface area contributed by atoms with Crippen molar-refractivity contribution in [1.82, 2.24) is 0 Å². The molecule has 0 amide bonds. The molecule has 0 saturated heterocycles. The fourth-order valence-corrected chi connectivity index (χ4v) is 7.37. The molecule has 28 heavy (non-hydrogen) atoms. The van der Waals surface area contributed by atoms with Crippen LogP contribution >= 0.6 is 0 Å². The van der Waals surface area contributed by atoms with E-state index in [1.165, 1.54) is 0 Å². The van der Waals surface area contributed by atoms with Crippen LogP contribution in [0.2, 0.25) is 0 Å². The van der Waals surface area contributed by atoms with Crippen LogP contribution in [0.15, 0.2) is 24.3 Å². The maximum atomic E-state index is 14.3. The zero-order valence-electron chi connectivity index (χ0n) is 12.9. The molecular weight excluding hydrogens is 472 g/mol. The van der Waals surface area contributed by atoms with E-state index in [1.807, 2.05) is 0 Å². The van der Waals surface area contributed by atoms with E-state index >= 15 is 0 Å². The van der Waals surface area contributed by atoms with Crippen molar-refractivity contribution in [3.63, 3.8) is 0 Å². The minimum atomic E-state index is -6.09. The summed E-state index contributed by atoms with van der Waals surface area (Å²) in [5.74, 6) is -3.06. The van der Waals surface area contributed by atoms with Crippen LogP contribution in [0, 0.1) is 31.9 Å². The fraction of sp³-hybridized carbons (Fsp3) is 0.143. The molecule has 3 aromatic rings. The van der Waals surface area contributed by atoms with Crippen molar-refractivity contribution in [2.75, 3.05) is 0 Å². The summed E-state index contributed by atoms with van der Waals surface area (Å²) in [6.45, 7) is 0. The Morgan fingerprint density at radius 1 is 0.750 bits per heavy atom. The van der Waals surface area contributed by atoms with Gasteiger partial charge in [-0.1, -0.05) is 0 Å². The molecule has 0 radical (unpaired) electrons. The van der Waals surface area contributed by atoms with Crippen LogP contribution in [-0.4, -0.2) is 29.5 Å². The monoisotopic (exact) mass is 477 g/mol. The Bertz CT molecular complexity index is 1100. The molecule has 148 valence electrons. The number of hydrogen-bond acceptors (Lipinski definition) is 4. The van der Waals surface area contributed by atoms with Crippen LogP contribution in [0.25, 0.3) is 19.3 Å². The molecule has 14 heteroatoms. The second kappa shape index (κ2) is 6.14. The number of nitrogens with zero attached hydrogens (tertiary/aromatic N) is 2. The summed E-state index contributed by atoms with van der Waals surface area (Å²) >= 11 is -4.61. The number of benzene rings is 2. The Morgan fingerprint density at radius 2 is 1.11 bits per heavy atom. The summed E-state index contributed by atoms with van der Waals surface area (Å²) in [6, 6.07) is 1.21. The van der Waals surface area contributed by atoms with Gasteiger partial charge in [0.2, 0.25) is 0 Å². The molecule has 0 atom stereocenters. The first-order chi connectivity index (χ1) is 12.8. The van der Waals surface area contributed by atoms with E-state index in [0.29, 0.717) is 12.1 Å². The third kappa shape index (κ3) is 2.79. The quantitative estimate of drug-likeness (QED) is 0.232. The van der Waals surface area contributed by atoms with E-state index in [1.54, 1.807) is 0 Å². The van der Waals surface area contributed by atoms with Gasteiger partial charge in [0.15, 0.2) is 0 Å². The summed E-state index contributed by atoms with van der Waals surface area (Å²) in [5.41, 5.74) is -2.68. The SMILES string of the molecule is O=[N+]([O-])c1cc2c(cc1F)c1cc(F)c([N+](=O)[O-])cc1[se+]2C(F)(F)C(F)(F)F. The van der Waals surface area contributed by atoms with Gasteiger partial charge in [0, 0.05) is 0 Å². The van der Waals surface area contributed by atoms with Gasteiger partial charge in [-0.2, -0.15) is 0 Å². The summed E-state index contributed by atoms with van der Waals surface area (Å²) < 4.78 is 93.7. The molecule has 2 aromatic carbocycles. The summed E-state index contributed by atoms with van der Waals surface area (Å²) in [7, 11) is 0. The van der Waals surface area contributed by atoms with E-state index in [4.69, 9.17) is 0 Å². The van der Waals surface area contributed by atoms with Gasteiger partial charge >= 0.3 is 152 Å². The van der Waals surface area contributed by atoms with Crippen molar-refractivity contribution in [1.29, 1.82) is 0 Å². The maximum absolute atomic E-state index is 14.3. The number of hydrogen-bond donors (Lipinski definition) is 0. The van der Waals surface area contributed by atoms with Gasteiger partial charge in [-0.3, -0.25) is 0 Å². The molecule has 0 spiro atoms. The molecule has 0 aliphatic rings. The van der Waals surface area contributed by atoms with E-state index in [2.05, 4.69) is 0 Å². The van der Waals surface area contributed by atoms with Gasteiger partial charge < -0.3 is 0 Å². The average molecular weight is 476 g/mol. The number of fused-ring (bicyclic) bond motifs is 3. The van der Waals surface area contributed by atoms with Crippen LogP contribution in [0.1, 0.15) is 0 Å². The first-order valence-corrected chi connectivity index (χ1v) is 9.49. The Kier molecular flexibility index (Phi) is 4.39. The zero-order chi connectivity index (χ0) is 21.2. The van der Waals surface area contributed by atoms with Crippen molar-refractivity contribution in [2.45, 2.75) is 11.0 Å². The van der Waals surface area contributed by atoms with Crippen LogP contribution in [0.5, 0.6) is 0 Å². The standard InChI is InChI=1S/C14H4F7N2O4Se/c15-7-1-5-6-2-8(16)10(23(26)27)4-12(6)28(14(20,21)13(17,18)19)11(5)3-9(7)22(24)25/h1-4H/q+1. The third-order valence-corrected chi connectivity index (χ3v) is 8.63. The number of nitro groups is 2. The van der Waals surface area contributed by atoms with E-state index < -0.39 is 76.6 Å². The molecule has 0 N–H and O–H groups in total. The van der Waals surface area contributed by atoms with Gasteiger partial charge in [-0.25, -0.2) is 0 Å². The molecule has 0 fully saturated rings. The molecule has 1 heterocycles. The number of nitro benzene ring substituents is 2. The van der Waals surface area contributed by atoms with Gasteiger partial charge in [0.25, 0.3) is 0 Å². The van der Waals surface area contributed by atoms with E-state index in [0.717, 1.165) is 0 Å².